The zero-order valence-electron chi connectivity index (χ0n) is 9.05. The number of nitrogens with two attached hydrogens (primary N) is 1. The van der Waals surface area contributed by atoms with Crippen molar-refractivity contribution in [1.82, 2.24) is 19.7 Å². The van der Waals surface area contributed by atoms with Crippen LogP contribution in [0.2, 0.25) is 5.02 Å². The summed E-state index contributed by atoms with van der Waals surface area (Å²) in [5, 5.41) is 4.59. The first-order valence-corrected chi connectivity index (χ1v) is 5.20. The Morgan fingerprint density at radius 1 is 1.50 bits per heavy atom. The van der Waals surface area contributed by atoms with Gasteiger partial charge in [0.1, 0.15) is 5.82 Å². The van der Waals surface area contributed by atoms with Gasteiger partial charge in [-0.1, -0.05) is 11.6 Å². The van der Waals surface area contributed by atoms with Gasteiger partial charge in [0.25, 0.3) is 0 Å². The molecule has 0 aromatic carbocycles. The lowest BCUT2D eigenvalue weighted by molar-refractivity contribution is 0.661. The largest absolute Gasteiger partial charge is 0.318 e. The first kappa shape index (κ1) is 11.0. The smallest absolute Gasteiger partial charge is 0.125 e. The van der Waals surface area contributed by atoms with E-state index >= 15 is 0 Å². The standard InChI is InChI=1S/C10H12ClN5/c1-6-13-4-3-8(15-6)9(12)10-7(11)5-14-16(10)2/h3-5,9H,12H2,1-2H3. The SMILES string of the molecule is Cc1nccc(C(N)c2c(Cl)cnn2C)n1. The lowest BCUT2D eigenvalue weighted by atomic mass is 10.1. The number of nitrogens with zero attached hydrogens (tertiary/aromatic N) is 4. The Labute approximate surface area is 98.3 Å². The maximum Gasteiger partial charge on any atom is 0.125 e. The Kier molecular flexibility index (Phi) is 2.89. The zero-order chi connectivity index (χ0) is 11.7. The molecule has 2 heterocycles. The van der Waals surface area contributed by atoms with Crippen molar-refractivity contribution in [3.8, 4) is 0 Å². The third-order valence-corrected chi connectivity index (χ3v) is 2.64. The number of aryl methyl sites for hydroxylation is 2. The summed E-state index contributed by atoms with van der Waals surface area (Å²) in [6.45, 7) is 1.82. The van der Waals surface area contributed by atoms with Crippen molar-refractivity contribution in [3.63, 3.8) is 0 Å². The minimum Gasteiger partial charge on any atom is -0.318 e. The van der Waals surface area contributed by atoms with E-state index in [0.717, 1.165) is 11.4 Å². The van der Waals surface area contributed by atoms with Gasteiger partial charge >= 0.3 is 0 Å². The monoisotopic (exact) mass is 237 g/mol. The van der Waals surface area contributed by atoms with Crippen LogP contribution < -0.4 is 5.73 Å². The fourth-order valence-electron chi connectivity index (χ4n) is 1.56. The Bertz CT molecular complexity index is 488. The van der Waals surface area contributed by atoms with Gasteiger partial charge in [0.15, 0.2) is 0 Å². The van der Waals surface area contributed by atoms with Crippen molar-refractivity contribution < 1.29 is 0 Å². The normalized spacial score (nSPS) is 12.8. The highest BCUT2D eigenvalue weighted by atomic mass is 35.5. The van der Waals surface area contributed by atoms with Crippen LogP contribution in [-0.2, 0) is 7.05 Å². The van der Waals surface area contributed by atoms with Crippen molar-refractivity contribution in [2.24, 2.45) is 12.8 Å². The van der Waals surface area contributed by atoms with Gasteiger partial charge < -0.3 is 5.73 Å². The number of rotatable bonds is 2. The summed E-state index contributed by atoms with van der Waals surface area (Å²) in [6.07, 6.45) is 3.26. The molecule has 0 spiro atoms. The van der Waals surface area contributed by atoms with Gasteiger partial charge in [-0.05, 0) is 13.0 Å². The number of hydrogen-bond donors (Lipinski definition) is 1. The molecule has 2 rings (SSSR count). The minimum absolute atomic E-state index is 0.387. The van der Waals surface area contributed by atoms with Gasteiger partial charge in [-0.25, -0.2) is 9.97 Å². The second-order valence-corrected chi connectivity index (χ2v) is 3.91. The summed E-state index contributed by atoms with van der Waals surface area (Å²) in [7, 11) is 1.80. The molecule has 5 nitrogen and oxygen atoms in total. The van der Waals surface area contributed by atoms with Gasteiger partial charge in [-0.15, -0.1) is 0 Å². The third kappa shape index (κ3) is 1.91. The van der Waals surface area contributed by atoms with E-state index in [0.29, 0.717) is 10.8 Å². The maximum absolute atomic E-state index is 6.10. The quantitative estimate of drug-likeness (QED) is 0.853. The van der Waals surface area contributed by atoms with E-state index in [1.807, 2.05) is 6.92 Å². The van der Waals surface area contributed by atoms with Crippen molar-refractivity contribution >= 4 is 11.6 Å². The predicted octanol–water partition coefficient (Wildman–Crippen LogP) is 1.22. The van der Waals surface area contributed by atoms with Gasteiger partial charge in [0, 0.05) is 13.2 Å². The van der Waals surface area contributed by atoms with Crippen LogP contribution in [0.15, 0.2) is 18.5 Å². The molecule has 0 aliphatic carbocycles. The second-order valence-electron chi connectivity index (χ2n) is 3.51. The van der Waals surface area contributed by atoms with Crippen molar-refractivity contribution in [3.05, 3.63) is 40.7 Å². The zero-order valence-corrected chi connectivity index (χ0v) is 9.81. The minimum atomic E-state index is -0.387. The average Bonchev–Trinajstić information content (AvgIpc) is 2.58. The maximum atomic E-state index is 6.10. The second kappa shape index (κ2) is 4.19. The van der Waals surface area contributed by atoms with Crippen LogP contribution in [0.1, 0.15) is 23.3 Å². The van der Waals surface area contributed by atoms with Crippen LogP contribution in [-0.4, -0.2) is 19.7 Å². The highest BCUT2D eigenvalue weighted by Gasteiger charge is 2.18. The summed E-state index contributed by atoms with van der Waals surface area (Å²) in [4.78, 5) is 8.30. The van der Waals surface area contributed by atoms with Crippen LogP contribution in [0.4, 0.5) is 0 Å². The molecule has 0 aliphatic heterocycles. The lowest BCUT2D eigenvalue weighted by Crippen LogP contribution is -2.18. The lowest BCUT2D eigenvalue weighted by Gasteiger charge is -2.12. The first-order chi connectivity index (χ1) is 7.59. The summed E-state index contributed by atoms with van der Waals surface area (Å²) in [5.41, 5.74) is 7.58. The van der Waals surface area contributed by atoms with E-state index < -0.39 is 0 Å². The van der Waals surface area contributed by atoms with E-state index in [1.165, 1.54) is 0 Å². The Morgan fingerprint density at radius 2 is 2.25 bits per heavy atom. The molecule has 6 heteroatoms. The molecule has 1 unspecified atom stereocenters. The highest BCUT2D eigenvalue weighted by Crippen LogP contribution is 2.24. The molecule has 84 valence electrons. The molecule has 1 atom stereocenters. The van der Waals surface area contributed by atoms with E-state index in [2.05, 4.69) is 15.1 Å². The van der Waals surface area contributed by atoms with Crippen LogP contribution in [0.25, 0.3) is 0 Å². The molecule has 0 saturated carbocycles. The van der Waals surface area contributed by atoms with Crippen LogP contribution >= 0.6 is 11.6 Å². The molecule has 2 N–H and O–H groups in total. The molecule has 16 heavy (non-hydrogen) atoms. The predicted molar refractivity (Wildman–Crippen MR) is 61.0 cm³/mol. The molecule has 0 bridgehead atoms. The van der Waals surface area contributed by atoms with E-state index in [1.54, 1.807) is 30.2 Å². The van der Waals surface area contributed by atoms with Crippen molar-refractivity contribution in [2.75, 3.05) is 0 Å². The van der Waals surface area contributed by atoms with Crippen LogP contribution in [0, 0.1) is 6.92 Å². The van der Waals surface area contributed by atoms with Gasteiger partial charge in [-0.3, -0.25) is 4.68 Å². The summed E-state index contributed by atoms with van der Waals surface area (Å²) in [6, 6.07) is 1.39. The summed E-state index contributed by atoms with van der Waals surface area (Å²) >= 11 is 6.02. The molecule has 0 fully saturated rings. The van der Waals surface area contributed by atoms with E-state index in [9.17, 15) is 0 Å². The van der Waals surface area contributed by atoms with Gasteiger partial charge in [0.2, 0.25) is 0 Å². The number of halogens is 1. The fraction of sp³-hybridized carbons (Fsp3) is 0.300. The first-order valence-electron chi connectivity index (χ1n) is 4.82. The molecule has 0 saturated heterocycles. The molecule has 0 aliphatic rings. The number of hydrogen-bond acceptors (Lipinski definition) is 4. The molecule has 0 radical (unpaired) electrons. The van der Waals surface area contributed by atoms with Gasteiger partial charge in [0.05, 0.1) is 28.6 Å². The third-order valence-electron chi connectivity index (χ3n) is 2.35. The Balaban J connectivity index is 2.43. The average molecular weight is 238 g/mol. The van der Waals surface area contributed by atoms with Crippen molar-refractivity contribution in [1.29, 1.82) is 0 Å². The molecule has 2 aromatic rings. The molecular weight excluding hydrogens is 226 g/mol. The highest BCUT2D eigenvalue weighted by molar-refractivity contribution is 6.31. The summed E-state index contributed by atoms with van der Waals surface area (Å²) < 4.78 is 1.66. The topological polar surface area (TPSA) is 69.6 Å². The summed E-state index contributed by atoms with van der Waals surface area (Å²) in [5.74, 6) is 0.686. The molecule has 2 aromatic heterocycles. The number of aromatic nitrogens is 4. The Hall–Kier alpha value is -1.46. The van der Waals surface area contributed by atoms with Gasteiger partial charge in [-0.2, -0.15) is 5.10 Å². The van der Waals surface area contributed by atoms with E-state index in [4.69, 9.17) is 17.3 Å². The molecular formula is C10H12ClN5. The van der Waals surface area contributed by atoms with Crippen molar-refractivity contribution in [2.45, 2.75) is 13.0 Å². The van der Waals surface area contributed by atoms with Crippen LogP contribution in [0.3, 0.4) is 0 Å². The molecule has 0 amide bonds. The fourth-order valence-corrected chi connectivity index (χ4v) is 1.84. The van der Waals surface area contributed by atoms with Crippen LogP contribution in [0.5, 0.6) is 0 Å². The van der Waals surface area contributed by atoms with E-state index in [-0.39, 0.29) is 6.04 Å². The Morgan fingerprint density at radius 3 is 2.81 bits per heavy atom.